The molecular formula is C14H17NO2. The molecule has 2 aromatic rings. The molecule has 0 bridgehead atoms. The van der Waals surface area contributed by atoms with Gasteiger partial charge in [-0.2, -0.15) is 0 Å². The minimum Gasteiger partial charge on any atom is -0.453 e. The zero-order valence-electron chi connectivity index (χ0n) is 10.2. The maximum Gasteiger partial charge on any atom is 0.200 e. The van der Waals surface area contributed by atoms with Crippen LogP contribution in [-0.4, -0.2) is 12.3 Å². The molecule has 1 heterocycles. The van der Waals surface area contributed by atoms with Crippen molar-refractivity contribution in [3.63, 3.8) is 0 Å². The fraction of sp³-hybridized carbons (Fsp3) is 0.357. The molecule has 2 N–H and O–H groups in total. The number of nitrogens with two attached hydrogens (primary N) is 1. The number of fused-ring (bicyclic) bond motifs is 1. The third-order valence-electron chi connectivity index (χ3n) is 3.03. The third kappa shape index (κ3) is 2.24. The molecule has 0 fully saturated rings. The van der Waals surface area contributed by atoms with Crippen LogP contribution in [0.5, 0.6) is 0 Å². The highest BCUT2D eigenvalue weighted by atomic mass is 16.3. The molecule has 90 valence electrons. The smallest absolute Gasteiger partial charge is 0.200 e. The van der Waals surface area contributed by atoms with Crippen molar-refractivity contribution in [2.24, 2.45) is 11.7 Å². The van der Waals surface area contributed by atoms with Gasteiger partial charge in [-0.05, 0) is 31.5 Å². The number of ketones is 1. The molecule has 0 saturated heterocycles. The van der Waals surface area contributed by atoms with Crippen molar-refractivity contribution in [2.75, 3.05) is 6.54 Å². The Kier molecular flexibility index (Phi) is 3.29. The summed E-state index contributed by atoms with van der Waals surface area (Å²) >= 11 is 0. The third-order valence-corrected chi connectivity index (χ3v) is 3.03. The Morgan fingerprint density at radius 3 is 2.88 bits per heavy atom. The van der Waals surface area contributed by atoms with E-state index in [2.05, 4.69) is 0 Å². The van der Waals surface area contributed by atoms with E-state index in [1.165, 1.54) is 0 Å². The van der Waals surface area contributed by atoms with Crippen molar-refractivity contribution in [2.45, 2.75) is 20.3 Å². The van der Waals surface area contributed by atoms with E-state index in [-0.39, 0.29) is 11.7 Å². The quantitative estimate of drug-likeness (QED) is 0.823. The van der Waals surface area contributed by atoms with E-state index < -0.39 is 0 Å². The highest BCUT2D eigenvalue weighted by molar-refractivity contribution is 5.99. The second-order valence-corrected chi connectivity index (χ2v) is 4.45. The molecule has 2 rings (SSSR count). The van der Waals surface area contributed by atoms with Crippen LogP contribution >= 0.6 is 0 Å². The topological polar surface area (TPSA) is 56.2 Å². The number of hydrogen-bond acceptors (Lipinski definition) is 3. The van der Waals surface area contributed by atoms with Crippen LogP contribution in [0, 0.1) is 12.8 Å². The second-order valence-electron chi connectivity index (χ2n) is 4.45. The Morgan fingerprint density at radius 2 is 2.24 bits per heavy atom. The van der Waals surface area contributed by atoms with Crippen molar-refractivity contribution >= 4 is 16.8 Å². The SMILES string of the molecule is Cc1cccc2cc(C(=O)C(C)CCN)oc12. The van der Waals surface area contributed by atoms with E-state index in [1.54, 1.807) is 0 Å². The number of aryl methyl sites for hydroxylation is 1. The lowest BCUT2D eigenvalue weighted by atomic mass is 10.0. The molecule has 3 heteroatoms. The lowest BCUT2D eigenvalue weighted by Gasteiger charge is -2.05. The summed E-state index contributed by atoms with van der Waals surface area (Å²) in [5.41, 5.74) is 7.31. The molecule has 0 aliphatic heterocycles. The molecule has 3 nitrogen and oxygen atoms in total. The summed E-state index contributed by atoms with van der Waals surface area (Å²) < 4.78 is 5.64. The Labute approximate surface area is 101 Å². The van der Waals surface area contributed by atoms with E-state index in [0.717, 1.165) is 16.5 Å². The number of benzene rings is 1. The summed E-state index contributed by atoms with van der Waals surface area (Å²) in [7, 11) is 0. The highest BCUT2D eigenvalue weighted by Gasteiger charge is 2.19. The van der Waals surface area contributed by atoms with Gasteiger partial charge in [-0.1, -0.05) is 25.1 Å². The first-order chi connectivity index (χ1) is 8.13. The minimum absolute atomic E-state index is 0.0334. The lowest BCUT2D eigenvalue weighted by Crippen LogP contribution is -2.15. The van der Waals surface area contributed by atoms with Crippen molar-refractivity contribution in [3.8, 4) is 0 Å². The number of hydrogen-bond donors (Lipinski definition) is 1. The summed E-state index contributed by atoms with van der Waals surface area (Å²) in [5.74, 6) is 0.391. The zero-order chi connectivity index (χ0) is 12.4. The molecule has 0 saturated carbocycles. The Bertz CT molecular complexity index is 542. The molecule has 1 aromatic heterocycles. The average Bonchev–Trinajstić information content (AvgIpc) is 2.73. The number of para-hydroxylation sites is 1. The van der Waals surface area contributed by atoms with E-state index >= 15 is 0 Å². The van der Waals surface area contributed by atoms with Crippen molar-refractivity contribution < 1.29 is 9.21 Å². The number of Topliss-reactive ketones (excluding diaryl/α,β-unsaturated/α-hetero) is 1. The summed E-state index contributed by atoms with van der Waals surface area (Å²) in [6, 6.07) is 7.71. The van der Waals surface area contributed by atoms with Gasteiger partial charge in [0, 0.05) is 11.3 Å². The van der Waals surface area contributed by atoms with Gasteiger partial charge in [0.15, 0.2) is 5.76 Å². The van der Waals surface area contributed by atoms with Crippen LogP contribution in [0.2, 0.25) is 0 Å². The first-order valence-corrected chi connectivity index (χ1v) is 5.87. The molecule has 1 aromatic carbocycles. The molecule has 0 spiro atoms. The van der Waals surface area contributed by atoms with Gasteiger partial charge in [-0.15, -0.1) is 0 Å². The lowest BCUT2D eigenvalue weighted by molar-refractivity contribution is 0.0899. The number of carbonyl (C=O) groups is 1. The van der Waals surface area contributed by atoms with Gasteiger partial charge in [-0.3, -0.25) is 4.79 Å². The van der Waals surface area contributed by atoms with E-state index in [9.17, 15) is 4.79 Å². The van der Waals surface area contributed by atoms with Gasteiger partial charge in [0.2, 0.25) is 5.78 Å². The molecular weight excluding hydrogens is 214 g/mol. The number of furan rings is 1. The van der Waals surface area contributed by atoms with Crippen LogP contribution in [0.25, 0.3) is 11.0 Å². The predicted molar refractivity (Wildman–Crippen MR) is 68.1 cm³/mol. The van der Waals surface area contributed by atoms with Crippen LogP contribution in [0.15, 0.2) is 28.7 Å². The maximum absolute atomic E-state index is 12.1. The fourth-order valence-corrected chi connectivity index (χ4v) is 1.95. The first-order valence-electron chi connectivity index (χ1n) is 5.87. The number of carbonyl (C=O) groups excluding carboxylic acids is 1. The van der Waals surface area contributed by atoms with Crippen LogP contribution in [0.3, 0.4) is 0 Å². The minimum atomic E-state index is -0.0825. The number of rotatable bonds is 4. The van der Waals surface area contributed by atoms with E-state index in [4.69, 9.17) is 10.2 Å². The van der Waals surface area contributed by atoms with Crippen LogP contribution in [-0.2, 0) is 0 Å². The molecule has 17 heavy (non-hydrogen) atoms. The van der Waals surface area contributed by atoms with Gasteiger partial charge in [0.05, 0.1) is 0 Å². The zero-order valence-corrected chi connectivity index (χ0v) is 10.2. The normalized spacial score (nSPS) is 12.9. The standard InChI is InChI=1S/C14H17NO2/c1-9(6-7-15)13(16)12-8-11-5-3-4-10(2)14(11)17-12/h3-5,8-9H,6-7,15H2,1-2H3. The summed E-state index contributed by atoms with van der Waals surface area (Å²) in [6.45, 7) is 4.38. The van der Waals surface area contributed by atoms with E-state index in [0.29, 0.717) is 18.7 Å². The fourth-order valence-electron chi connectivity index (χ4n) is 1.95. The molecule has 0 radical (unpaired) electrons. The summed E-state index contributed by atoms with van der Waals surface area (Å²) in [6.07, 6.45) is 0.689. The summed E-state index contributed by atoms with van der Waals surface area (Å²) in [4.78, 5) is 12.1. The molecule has 1 unspecified atom stereocenters. The summed E-state index contributed by atoms with van der Waals surface area (Å²) in [5, 5.41) is 0.980. The molecule has 0 aliphatic rings. The van der Waals surface area contributed by atoms with Gasteiger partial charge >= 0.3 is 0 Å². The predicted octanol–water partition coefficient (Wildman–Crippen LogP) is 2.91. The van der Waals surface area contributed by atoms with Gasteiger partial charge < -0.3 is 10.2 Å². The highest BCUT2D eigenvalue weighted by Crippen LogP contribution is 2.24. The van der Waals surface area contributed by atoms with Crippen molar-refractivity contribution in [1.29, 1.82) is 0 Å². The Balaban J connectivity index is 2.37. The van der Waals surface area contributed by atoms with Crippen LogP contribution < -0.4 is 5.73 Å². The first kappa shape index (κ1) is 11.9. The monoisotopic (exact) mass is 231 g/mol. The Hall–Kier alpha value is -1.61. The van der Waals surface area contributed by atoms with E-state index in [1.807, 2.05) is 38.1 Å². The molecule has 0 aliphatic carbocycles. The van der Waals surface area contributed by atoms with Crippen molar-refractivity contribution in [3.05, 3.63) is 35.6 Å². The largest absolute Gasteiger partial charge is 0.453 e. The van der Waals surface area contributed by atoms with Crippen molar-refractivity contribution in [1.82, 2.24) is 0 Å². The molecule has 0 amide bonds. The maximum atomic E-state index is 12.1. The van der Waals surface area contributed by atoms with Gasteiger partial charge in [-0.25, -0.2) is 0 Å². The van der Waals surface area contributed by atoms with Gasteiger partial charge in [0.1, 0.15) is 5.58 Å². The Morgan fingerprint density at radius 1 is 1.47 bits per heavy atom. The second kappa shape index (κ2) is 4.72. The average molecular weight is 231 g/mol. The molecule has 1 atom stereocenters. The van der Waals surface area contributed by atoms with Crippen LogP contribution in [0.1, 0.15) is 29.5 Å². The van der Waals surface area contributed by atoms with Crippen LogP contribution in [0.4, 0.5) is 0 Å². The van der Waals surface area contributed by atoms with Gasteiger partial charge in [0.25, 0.3) is 0 Å².